The first-order valence-electron chi connectivity index (χ1n) is 5.71. The van der Waals surface area contributed by atoms with Crippen molar-refractivity contribution in [3.8, 4) is 0 Å². The maximum absolute atomic E-state index is 12.2. The van der Waals surface area contributed by atoms with Gasteiger partial charge in [0, 0.05) is 19.7 Å². The maximum atomic E-state index is 12.2. The van der Waals surface area contributed by atoms with E-state index in [0.29, 0.717) is 19.5 Å². The number of nitrogens with zero attached hydrogens (tertiary/aromatic N) is 1. The van der Waals surface area contributed by atoms with E-state index in [2.05, 4.69) is 6.92 Å². The summed E-state index contributed by atoms with van der Waals surface area (Å²) in [5.74, 6) is 0.0998. The molecule has 0 bridgehead atoms. The number of hydrogen-bond donors (Lipinski definition) is 1. The lowest BCUT2D eigenvalue weighted by Gasteiger charge is -2.20. The van der Waals surface area contributed by atoms with E-state index < -0.39 is 0 Å². The Kier molecular flexibility index (Phi) is 5.49. The number of aryl methyl sites for hydroxylation is 1. The number of thiophene rings is 1. The van der Waals surface area contributed by atoms with Crippen LogP contribution in [0.2, 0.25) is 0 Å². The van der Waals surface area contributed by atoms with Crippen molar-refractivity contribution in [2.75, 3.05) is 19.7 Å². The molecule has 0 fully saturated rings. The van der Waals surface area contributed by atoms with Gasteiger partial charge in [0.15, 0.2) is 0 Å². The monoisotopic (exact) mass is 241 g/mol. The first kappa shape index (κ1) is 13.2. The molecule has 0 atom stereocenters. The molecule has 1 amide bonds. The van der Waals surface area contributed by atoms with Crippen molar-refractivity contribution in [2.45, 2.75) is 26.7 Å². The van der Waals surface area contributed by atoms with Crippen molar-refractivity contribution in [1.82, 2.24) is 4.90 Å². The van der Waals surface area contributed by atoms with Gasteiger partial charge in [0.25, 0.3) is 5.91 Å². The van der Waals surface area contributed by atoms with Crippen LogP contribution in [0.3, 0.4) is 0 Å². The van der Waals surface area contributed by atoms with Crippen molar-refractivity contribution in [1.29, 1.82) is 0 Å². The van der Waals surface area contributed by atoms with E-state index in [1.165, 1.54) is 11.3 Å². The van der Waals surface area contributed by atoms with Crippen LogP contribution in [0.5, 0.6) is 0 Å². The fraction of sp³-hybridized carbons (Fsp3) is 0.583. The highest BCUT2D eigenvalue weighted by atomic mass is 32.1. The number of carbonyl (C=O) groups is 1. The summed E-state index contributed by atoms with van der Waals surface area (Å²) in [4.78, 5) is 14.8. The quantitative estimate of drug-likeness (QED) is 0.829. The summed E-state index contributed by atoms with van der Waals surface area (Å²) >= 11 is 1.51. The summed E-state index contributed by atoms with van der Waals surface area (Å²) in [5.41, 5.74) is 1.12. The zero-order chi connectivity index (χ0) is 12.0. The van der Waals surface area contributed by atoms with E-state index in [1.54, 1.807) is 4.90 Å². The van der Waals surface area contributed by atoms with E-state index in [9.17, 15) is 4.79 Å². The molecule has 0 aliphatic heterocycles. The van der Waals surface area contributed by atoms with Crippen LogP contribution in [0.1, 0.15) is 35.5 Å². The molecule has 1 rings (SSSR count). The van der Waals surface area contributed by atoms with Gasteiger partial charge in [0.05, 0.1) is 4.88 Å². The number of amides is 1. The second-order valence-corrected chi connectivity index (χ2v) is 4.51. The third-order valence-electron chi connectivity index (χ3n) is 2.58. The number of aliphatic hydroxyl groups excluding tert-OH is 1. The molecule has 0 saturated heterocycles. The molecule has 1 aromatic heterocycles. The van der Waals surface area contributed by atoms with E-state index in [-0.39, 0.29) is 12.5 Å². The molecular weight excluding hydrogens is 222 g/mol. The summed E-state index contributed by atoms with van der Waals surface area (Å²) in [6.45, 7) is 5.49. The topological polar surface area (TPSA) is 40.5 Å². The molecule has 0 aliphatic rings. The summed E-state index contributed by atoms with van der Waals surface area (Å²) < 4.78 is 0. The van der Waals surface area contributed by atoms with Crippen LogP contribution in [0.4, 0.5) is 0 Å². The number of aliphatic hydroxyl groups is 1. The Balaban J connectivity index is 2.74. The van der Waals surface area contributed by atoms with Gasteiger partial charge in [-0.3, -0.25) is 4.79 Å². The first-order valence-corrected chi connectivity index (χ1v) is 6.59. The van der Waals surface area contributed by atoms with Crippen molar-refractivity contribution >= 4 is 17.2 Å². The summed E-state index contributed by atoms with van der Waals surface area (Å²) in [6.07, 6.45) is 1.54. The Bertz CT molecular complexity index is 336. The van der Waals surface area contributed by atoms with Gasteiger partial charge >= 0.3 is 0 Å². The molecule has 1 N–H and O–H groups in total. The zero-order valence-corrected chi connectivity index (χ0v) is 10.7. The second-order valence-electron chi connectivity index (χ2n) is 3.59. The van der Waals surface area contributed by atoms with Gasteiger partial charge in [-0.2, -0.15) is 0 Å². The molecule has 4 heteroatoms. The van der Waals surface area contributed by atoms with Gasteiger partial charge in [0.2, 0.25) is 0 Å². The predicted octanol–water partition coefficient (Wildman–Crippen LogP) is 2.16. The Morgan fingerprint density at radius 2 is 2.25 bits per heavy atom. The number of hydrogen-bond acceptors (Lipinski definition) is 3. The van der Waals surface area contributed by atoms with Crippen LogP contribution in [-0.2, 0) is 6.42 Å². The maximum Gasteiger partial charge on any atom is 0.264 e. The SMILES string of the molecule is CCc1ccsc1C(=O)N(CC)CCCO. The zero-order valence-electron chi connectivity index (χ0n) is 9.90. The van der Waals surface area contributed by atoms with Crippen molar-refractivity contribution in [3.63, 3.8) is 0 Å². The second kappa shape index (κ2) is 6.66. The molecule has 0 aliphatic carbocycles. The third kappa shape index (κ3) is 3.06. The molecule has 0 saturated carbocycles. The Morgan fingerprint density at radius 3 is 2.81 bits per heavy atom. The fourth-order valence-electron chi connectivity index (χ4n) is 1.61. The van der Waals surface area contributed by atoms with E-state index >= 15 is 0 Å². The summed E-state index contributed by atoms with van der Waals surface area (Å²) in [6, 6.07) is 2.01. The van der Waals surface area contributed by atoms with Crippen LogP contribution in [-0.4, -0.2) is 35.6 Å². The number of rotatable bonds is 6. The standard InChI is InChI=1S/C12H19NO2S/c1-3-10-6-9-16-11(10)12(15)13(4-2)7-5-8-14/h6,9,14H,3-5,7-8H2,1-2H3. The van der Waals surface area contributed by atoms with Crippen LogP contribution in [0.25, 0.3) is 0 Å². The van der Waals surface area contributed by atoms with Gasteiger partial charge in [-0.15, -0.1) is 11.3 Å². The minimum atomic E-state index is 0.0998. The number of carbonyl (C=O) groups excluding carboxylic acids is 1. The highest BCUT2D eigenvalue weighted by molar-refractivity contribution is 7.12. The largest absolute Gasteiger partial charge is 0.396 e. The van der Waals surface area contributed by atoms with E-state index in [1.807, 2.05) is 18.4 Å². The smallest absolute Gasteiger partial charge is 0.264 e. The van der Waals surface area contributed by atoms with Gasteiger partial charge in [-0.25, -0.2) is 0 Å². The van der Waals surface area contributed by atoms with E-state index in [0.717, 1.165) is 16.9 Å². The lowest BCUT2D eigenvalue weighted by molar-refractivity contribution is 0.0758. The third-order valence-corrected chi connectivity index (χ3v) is 3.52. The Hall–Kier alpha value is -0.870. The van der Waals surface area contributed by atoms with Crippen molar-refractivity contribution in [2.24, 2.45) is 0 Å². The van der Waals surface area contributed by atoms with Gasteiger partial charge < -0.3 is 10.0 Å². The van der Waals surface area contributed by atoms with E-state index in [4.69, 9.17) is 5.11 Å². The molecule has 0 spiro atoms. The van der Waals surface area contributed by atoms with Crippen LogP contribution >= 0.6 is 11.3 Å². The van der Waals surface area contributed by atoms with Crippen molar-refractivity contribution < 1.29 is 9.90 Å². The summed E-state index contributed by atoms with van der Waals surface area (Å²) in [7, 11) is 0. The predicted molar refractivity (Wildman–Crippen MR) is 67.0 cm³/mol. The molecular formula is C12H19NO2S. The highest BCUT2D eigenvalue weighted by Gasteiger charge is 2.17. The van der Waals surface area contributed by atoms with Crippen LogP contribution in [0.15, 0.2) is 11.4 Å². The Morgan fingerprint density at radius 1 is 1.50 bits per heavy atom. The summed E-state index contributed by atoms with van der Waals surface area (Å²) in [5, 5.41) is 10.8. The van der Waals surface area contributed by atoms with Gasteiger partial charge in [-0.05, 0) is 36.8 Å². The molecule has 1 heterocycles. The minimum Gasteiger partial charge on any atom is -0.396 e. The molecule has 1 aromatic rings. The van der Waals surface area contributed by atoms with Crippen LogP contribution in [0, 0.1) is 0 Å². The molecule has 0 unspecified atom stereocenters. The first-order chi connectivity index (χ1) is 7.74. The fourth-order valence-corrected chi connectivity index (χ4v) is 2.57. The van der Waals surface area contributed by atoms with Gasteiger partial charge in [-0.1, -0.05) is 6.92 Å². The molecule has 0 radical (unpaired) electrons. The Labute approximate surface area is 101 Å². The van der Waals surface area contributed by atoms with Crippen LogP contribution < -0.4 is 0 Å². The lowest BCUT2D eigenvalue weighted by Crippen LogP contribution is -2.32. The molecule has 3 nitrogen and oxygen atoms in total. The molecule has 16 heavy (non-hydrogen) atoms. The average Bonchev–Trinajstić information content (AvgIpc) is 2.77. The van der Waals surface area contributed by atoms with Crippen molar-refractivity contribution in [3.05, 3.63) is 21.9 Å². The normalized spacial score (nSPS) is 10.4. The lowest BCUT2D eigenvalue weighted by atomic mass is 10.2. The van der Waals surface area contributed by atoms with Gasteiger partial charge in [0.1, 0.15) is 0 Å². The highest BCUT2D eigenvalue weighted by Crippen LogP contribution is 2.19. The average molecular weight is 241 g/mol. The molecule has 0 aromatic carbocycles. The molecule has 90 valence electrons. The minimum absolute atomic E-state index is 0.0998.